The highest BCUT2D eigenvalue weighted by Gasteiger charge is 2.07. The van der Waals surface area contributed by atoms with E-state index in [1.807, 2.05) is 49.5 Å². The minimum absolute atomic E-state index is 0.0246. The molecule has 2 nitrogen and oxygen atoms in total. The van der Waals surface area contributed by atoms with Gasteiger partial charge in [0.05, 0.1) is 5.69 Å². The summed E-state index contributed by atoms with van der Waals surface area (Å²) >= 11 is 5.99. The predicted octanol–water partition coefficient (Wildman–Crippen LogP) is 3.95. The lowest BCUT2D eigenvalue weighted by Gasteiger charge is -2.10. The van der Waals surface area contributed by atoms with Crippen molar-refractivity contribution >= 4 is 22.4 Å². The van der Waals surface area contributed by atoms with Gasteiger partial charge in [-0.15, -0.1) is 0 Å². The zero-order valence-electron chi connectivity index (χ0n) is 10.4. The van der Waals surface area contributed by atoms with Crippen LogP contribution in [0.4, 0.5) is 0 Å². The second kappa shape index (κ2) is 4.56. The molecular formula is C16H12ClNO. The molecule has 1 aromatic heterocycles. The maximum Gasteiger partial charge on any atom is 0.262 e. The number of halogens is 1. The van der Waals surface area contributed by atoms with Crippen LogP contribution in [0.25, 0.3) is 16.5 Å². The SMILES string of the molecule is Cc1cn(-c2cccc(Cl)c2)c(=O)c2ccccc12. The lowest BCUT2D eigenvalue weighted by atomic mass is 10.1. The second-order valence-corrected chi connectivity index (χ2v) is 4.95. The zero-order chi connectivity index (χ0) is 13.4. The van der Waals surface area contributed by atoms with Crippen LogP contribution in [0.3, 0.4) is 0 Å². The molecule has 0 atom stereocenters. The first kappa shape index (κ1) is 12.0. The molecule has 0 aliphatic rings. The van der Waals surface area contributed by atoms with E-state index in [-0.39, 0.29) is 5.56 Å². The Kier molecular flexibility index (Phi) is 2.88. The van der Waals surface area contributed by atoms with Crippen LogP contribution in [0.2, 0.25) is 5.02 Å². The molecule has 0 aliphatic carbocycles. The van der Waals surface area contributed by atoms with Gasteiger partial charge >= 0.3 is 0 Å². The van der Waals surface area contributed by atoms with Gasteiger partial charge in [0.1, 0.15) is 0 Å². The molecule has 0 fully saturated rings. The smallest absolute Gasteiger partial charge is 0.262 e. The van der Waals surface area contributed by atoms with Crippen LogP contribution < -0.4 is 5.56 Å². The molecule has 19 heavy (non-hydrogen) atoms. The van der Waals surface area contributed by atoms with Gasteiger partial charge in [0, 0.05) is 16.6 Å². The molecule has 0 spiro atoms. The van der Waals surface area contributed by atoms with Gasteiger partial charge in [-0.3, -0.25) is 9.36 Å². The first-order chi connectivity index (χ1) is 9.16. The lowest BCUT2D eigenvalue weighted by Crippen LogP contribution is -2.18. The summed E-state index contributed by atoms with van der Waals surface area (Å²) in [6.07, 6.45) is 1.86. The van der Waals surface area contributed by atoms with Crippen LogP contribution in [-0.2, 0) is 0 Å². The number of nitrogens with zero attached hydrogens (tertiary/aromatic N) is 1. The fourth-order valence-electron chi connectivity index (χ4n) is 2.28. The van der Waals surface area contributed by atoms with Crippen molar-refractivity contribution in [3.63, 3.8) is 0 Å². The van der Waals surface area contributed by atoms with Gasteiger partial charge in [-0.1, -0.05) is 35.9 Å². The molecule has 94 valence electrons. The summed E-state index contributed by atoms with van der Waals surface area (Å²) in [4.78, 5) is 12.5. The molecular weight excluding hydrogens is 258 g/mol. The summed E-state index contributed by atoms with van der Waals surface area (Å²) < 4.78 is 1.64. The van der Waals surface area contributed by atoms with Crippen LogP contribution >= 0.6 is 11.6 Å². The van der Waals surface area contributed by atoms with Gasteiger partial charge < -0.3 is 0 Å². The van der Waals surface area contributed by atoms with E-state index in [0.29, 0.717) is 5.02 Å². The minimum Gasteiger partial charge on any atom is -0.283 e. The Morgan fingerprint density at radius 1 is 1.00 bits per heavy atom. The molecule has 2 aromatic carbocycles. The maximum atomic E-state index is 12.5. The fraction of sp³-hybridized carbons (Fsp3) is 0.0625. The van der Waals surface area contributed by atoms with E-state index >= 15 is 0 Å². The van der Waals surface area contributed by atoms with Crippen LogP contribution in [0.1, 0.15) is 5.56 Å². The predicted molar refractivity (Wildman–Crippen MR) is 79.3 cm³/mol. The van der Waals surface area contributed by atoms with Gasteiger partial charge in [0.15, 0.2) is 0 Å². The van der Waals surface area contributed by atoms with E-state index in [1.54, 1.807) is 16.7 Å². The van der Waals surface area contributed by atoms with Crippen molar-refractivity contribution in [1.29, 1.82) is 0 Å². The molecule has 3 aromatic rings. The number of pyridine rings is 1. The van der Waals surface area contributed by atoms with Crippen LogP contribution in [0, 0.1) is 6.92 Å². The number of fused-ring (bicyclic) bond motifs is 1. The van der Waals surface area contributed by atoms with Crippen LogP contribution in [0.15, 0.2) is 59.5 Å². The lowest BCUT2D eigenvalue weighted by molar-refractivity contribution is 0.997. The fourth-order valence-corrected chi connectivity index (χ4v) is 2.47. The highest BCUT2D eigenvalue weighted by atomic mass is 35.5. The Bertz CT molecular complexity index is 820. The van der Waals surface area contributed by atoms with Crippen molar-refractivity contribution < 1.29 is 0 Å². The number of aromatic nitrogens is 1. The topological polar surface area (TPSA) is 22.0 Å². The van der Waals surface area contributed by atoms with E-state index in [0.717, 1.165) is 22.0 Å². The number of hydrogen-bond donors (Lipinski definition) is 0. The van der Waals surface area contributed by atoms with Gasteiger partial charge in [0.25, 0.3) is 5.56 Å². The van der Waals surface area contributed by atoms with Crippen LogP contribution in [0.5, 0.6) is 0 Å². The minimum atomic E-state index is -0.0246. The van der Waals surface area contributed by atoms with Crippen molar-refractivity contribution in [2.45, 2.75) is 6.92 Å². The molecule has 0 unspecified atom stereocenters. The van der Waals surface area contributed by atoms with Crippen molar-refractivity contribution in [2.24, 2.45) is 0 Å². The number of rotatable bonds is 1. The summed E-state index contributed by atoms with van der Waals surface area (Å²) in [6, 6.07) is 14.9. The Morgan fingerprint density at radius 3 is 2.47 bits per heavy atom. The van der Waals surface area contributed by atoms with Crippen molar-refractivity contribution in [1.82, 2.24) is 4.57 Å². The molecule has 0 saturated heterocycles. The molecule has 0 aliphatic heterocycles. The first-order valence-corrected chi connectivity index (χ1v) is 6.41. The summed E-state index contributed by atoms with van der Waals surface area (Å²) in [5, 5.41) is 2.34. The van der Waals surface area contributed by atoms with E-state index < -0.39 is 0 Å². The van der Waals surface area contributed by atoms with E-state index in [4.69, 9.17) is 11.6 Å². The van der Waals surface area contributed by atoms with E-state index in [1.165, 1.54) is 0 Å². The first-order valence-electron chi connectivity index (χ1n) is 6.04. The van der Waals surface area contributed by atoms with Gasteiger partial charge in [-0.05, 0) is 42.1 Å². The number of hydrogen-bond acceptors (Lipinski definition) is 1. The third-order valence-corrected chi connectivity index (χ3v) is 3.45. The Hall–Kier alpha value is -2.06. The summed E-state index contributed by atoms with van der Waals surface area (Å²) in [7, 11) is 0. The van der Waals surface area contributed by atoms with Gasteiger partial charge in [-0.25, -0.2) is 0 Å². The van der Waals surface area contributed by atoms with Crippen molar-refractivity contribution in [3.05, 3.63) is 75.7 Å². The average Bonchev–Trinajstić information content (AvgIpc) is 2.43. The molecule has 0 bridgehead atoms. The quantitative estimate of drug-likeness (QED) is 0.656. The molecule has 0 N–H and O–H groups in total. The van der Waals surface area contributed by atoms with Gasteiger partial charge in [0.2, 0.25) is 0 Å². The molecule has 3 rings (SSSR count). The maximum absolute atomic E-state index is 12.5. The summed E-state index contributed by atoms with van der Waals surface area (Å²) in [5.41, 5.74) is 1.82. The zero-order valence-corrected chi connectivity index (χ0v) is 11.2. The largest absolute Gasteiger partial charge is 0.283 e. The van der Waals surface area contributed by atoms with Gasteiger partial charge in [-0.2, -0.15) is 0 Å². The third kappa shape index (κ3) is 2.04. The Balaban J connectivity index is 2.37. The Morgan fingerprint density at radius 2 is 1.74 bits per heavy atom. The van der Waals surface area contributed by atoms with Crippen molar-refractivity contribution in [2.75, 3.05) is 0 Å². The average molecular weight is 270 g/mol. The second-order valence-electron chi connectivity index (χ2n) is 4.51. The standard InChI is InChI=1S/C16H12ClNO/c1-11-10-18(13-6-4-5-12(17)9-13)16(19)15-8-3-2-7-14(11)15/h2-10H,1H3. The molecule has 1 heterocycles. The summed E-state index contributed by atoms with van der Waals surface area (Å²) in [6.45, 7) is 2.00. The Labute approximate surface area is 115 Å². The molecule has 3 heteroatoms. The monoisotopic (exact) mass is 269 g/mol. The highest BCUT2D eigenvalue weighted by molar-refractivity contribution is 6.30. The highest BCUT2D eigenvalue weighted by Crippen LogP contribution is 2.18. The normalized spacial score (nSPS) is 10.8. The third-order valence-electron chi connectivity index (χ3n) is 3.21. The number of aryl methyl sites for hydroxylation is 1. The molecule has 0 saturated carbocycles. The number of benzene rings is 2. The summed E-state index contributed by atoms with van der Waals surface area (Å²) in [5.74, 6) is 0. The van der Waals surface area contributed by atoms with E-state index in [9.17, 15) is 4.79 Å². The molecule has 0 amide bonds. The van der Waals surface area contributed by atoms with Crippen LogP contribution in [-0.4, -0.2) is 4.57 Å². The van der Waals surface area contributed by atoms with Crippen molar-refractivity contribution in [3.8, 4) is 5.69 Å². The molecule has 0 radical (unpaired) electrons. The van der Waals surface area contributed by atoms with E-state index in [2.05, 4.69) is 0 Å².